The zero-order chi connectivity index (χ0) is 36.1. The van der Waals surface area contributed by atoms with Gasteiger partial charge in [-0.3, -0.25) is 24.1 Å². The van der Waals surface area contributed by atoms with Crippen molar-refractivity contribution in [3.63, 3.8) is 0 Å². The highest BCUT2D eigenvalue weighted by Gasteiger charge is 2.52. The number of hydrogen-bond donors (Lipinski definition) is 3. The third-order valence-corrected chi connectivity index (χ3v) is 10.4. The second-order valence-electron chi connectivity index (χ2n) is 11.9. The third-order valence-electron chi connectivity index (χ3n) is 8.33. The first-order valence-corrected chi connectivity index (χ1v) is 17.9. The van der Waals surface area contributed by atoms with Crippen LogP contribution >= 0.6 is 23.5 Å². The minimum Gasteiger partial charge on any atom is -0.543 e. The third kappa shape index (κ3) is 8.32. The number of phenols is 1. The molecule has 6 rings (SSSR count). The number of carboxylic acid groups (broad SMARTS) is 1. The van der Waals surface area contributed by atoms with E-state index in [9.17, 15) is 38.6 Å². The first kappa shape index (κ1) is 35.4. The number of pyridine rings is 1. The molecule has 0 unspecified atom stereocenters. The lowest BCUT2D eigenvalue weighted by atomic mass is 10.0. The maximum atomic E-state index is 13.6. The molecule has 3 aliphatic heterocycles. The van der Waals surface area contributed by atoms with Gasteiger partial charge in [0.05, 0.1) is 17.4 Å². The van der Waals surface area contributed by atoms with Crippen LogP contribution in [0.1, 0.15) is 17.5 Å². The van der Waals surface area contributed by atoms with E-state index >= 15 is 0 Å². The zero-order valence-electron chi connectivity index (χ0n) is 27.0. The number of phenolic OH excluding ortho intramolecular Hbond substituents is 1. The van der Waals surface area contributed by atoms with E-state index in [1.807, 2.05) is 36.4 Å². The fourth-order valence-electron chi connectivity index (χ4n) is 5.81. The summed E-state index contributed by atoms with van der Waals surface area (Å²) < 4.78 is 15.2. The molecule has 4 amide bonds. The molecule has 1 aromatic heterocycles. The number of amides is 4. The summed E-state index contributed by atoms with van der Waals surface area (Å²) in [6.45, 7) is 0.640. The number of likely N-dealkylation sites (tertiary alicyclic amines) is 1. The van der Waals surface area contributed by atoms with Crippen LogP contribution in [0.4, 0.5) is 10.1 Å². The number of allylic oxidation sites excluding steroid dienone is 1. The van der Waals surface area contributed by atoms with Crippen molar-refractivity contribution in [2.75, 3.05) is 23.4 Å². The van der Waals surface area contributed by atoms with Crippen molar-refractivity contribution < 1.29 is 43.1 Å². The molecular formula is C36H32FN5O7S2. The Labute approximate surface area is 300 Å². The smallest absolute Gasteiger partial charge is 0.290 e. The van der Waals surface area contributed by atoms with Crippen LogP contribution in [0.5, 0.6) is 5.75 Å². The normalized spacial score (nSPS) is 19.4. The van der Waals surface area contributed by atoms with E-state index in [2.05, 4.69) is 10.6 Å². The molecule has 2 aromatic carbocycles. The number of benzene rings is 2. The summed E-state index contributed by atoms with van der Waals surface area (Å²) in [5, 5.41) is 28.0. The molecule has 3 aromatic rings. The molecule has 12 nitrogen and oxygen atoms in total. The lowest BCUT2D eigenvalue weighted by molar-refractivity contribution is -0.684. The van der Waals surface area contributed by atoms with Gasteiger partial charge in [-0.2, -0.15) is 4.57 Å². The number of β-lactam (4-membered cyclic amide) rings is 1. The first-order chi connectivity index (χ1) is 24.6. The van der Waals surface area contributed by atoms with Crippen LogP contribution in [-0.4, -0.2) is 74.0 Å². The number of aliphatic carboxylic acids is 1. The zero-order valence-corrected chi connectivity index (χ0v) is 28.6. The quantitative estimate of drug-likeness (QED) is 0.110. The van der Waals surface area contributed by atoms with Crippen molar-refractivity contribution in [1.29, 1.82) is 0 Å². The maximum Gasteiger partial charge on any atom is 0.290 e. The van der Waals surface area contributed by atoms with E-state index in [0.717, 1.165) is 28.2 Å². The van der Waals surface area contributed by atoms with Crippen molar-refractivity contribution >= 4 is 64.9 Å². The molecular weight excluding hydrogens is 698 g/mol. The minimum absolute atomic E-state index is 0.0501. The molecule has 2 fully saturated rings. The molecule has 2 saturated heterocycles. The Hall–Kier alpha value is -5.41. The number of fused-ring (bicyclic) bond motifs is 1. The fraction of sp³-hybridized carbons (Fsp3) is 0.222. The van der Waals surface area contributed by atoms with E-state index in [-0.39, 0.29) is 47.8 Å². The number of carbonyl (C=O) groups is 5. The molecule has 15 heteroatoms. The Morgan fingerprint density at radius 3 is 2.57 bits per heavy atom. The predicted octanol–water partition coefficient (Wildman–Crippen LogP) is 1.92. The van der Waals surface area contributed by atoms with Crippen molar-refractivity contribution in [1.82, 2.24) is 15.1 Å². The monoisotopic (exact) mass is 729 g/mol. The van der Waals surface area contributed by atoms with Crippen molar-refractivity contribution in [2.24, 2.45) is 0 Å². The molecule has 3 N–H and O–H groups in total. The van der Waals surface area contributed by atoms with Crippen molar-refractivity contribution in [3.8, 4) is 5.75 Å². The summed E-state index contributed by atoms with van der Waals surface area (Å²) in [5.74, 6) is -4.14. The number of nitrogens with zero attached hydrogens (tertiary/aromatic N) is 3. The lowest BCUT2D eigenvalue weighted by Crippen LogP contribution is -2.71. The van der Waals surface area contributed by atoms with Gasteiger partial charge in [-0.25, -0.2) is 4.39 Å². The number of hydrogen-bond acceptors (Lipinski definition) is 9. The average Bonchev–Trinajstić information content (AvgIpc) is 3.45. The topological polar surface area (TPSA) is 163 Å². The highest BCUT2D eigenvalue weighted by molar-refractivity contribution is 8.02. The van der Waals surface area contributed by atoms with Crippen LogP contribution in [-0.2, 0) is 37.1 Å². The highest BCUT2D eigenvalue weighted by atomic mass is 32.2. The molecule has 262 valence electrons. The number of rotatable bonds is 12. The Morgan fingerprint density at radius 1 is 1.08 bits per heavy atom. The summed E-state index contributed by atoms with van der Waals surface area (Å²) >= 11 is 2.59. The van der Waals surface area contributed by atoms with Gasteiger partial charge in [0.25, 0.3) is 11.8 Å². The van der Waals surface area contributed by atoms with Gasteiger partial charge in [-0.05, 0) is 52.8 Å². The molecule has 2 atom stereocenters. The van der Waals surface area contributed by atoms with Crippen molar-refractivity contribution in [2.45, 2.75) is 30.9 Å². The van der Waals surface area contributed by atoms with Crippen LogP contribution in [0, 0.1) is 5.82 Å². The molecule has 4 heterocycles. The Morgan fingerprint density at radius 2 is 1.84 bits per heavy atom. The van der Waals surface area contributed by atoms with Gasteiger partial charge in [0.1, 0.15) is 11.4 Å². The van der Waals surface area contributed by atoms with E-state index in [1.165, 1.54) is 35.7 Å². The van der Waals surface area contributed by atoms with Gasteiger partial charge >= 0.3 is 0 Å². The van der Waals surface area contributed by atoms with Gasteiger partial charge in [-0.1, -0.05) is 30.3 Å². The number of thioether (sulfide) groups is 2. The number of aromatic nitrogens is 1. The number of carboxylic acids is 1. The van der Waals surface area contributed by atoms with Gasteiger partial charge < -0.3 is 30.5 Å². The largest absolute Gasteiger partial charge is 0.543 e. The Bertz CT molecular complexity index is 1970. The molecule has 3 aliphatic rings. The SMILES string of the molecule is O=C(C[n+]1ccc(CN2CCC(=CC3=C(C(=O)[O-])N4C(=O)[C@@H](NC(=O)CS/C=C\c5ccccc5)[C@H]4SC3)C2=O)cc1)Nc1ccc(O)c(F)c1. The molecule has 0 spiro atoms. The number of nitrogens with one attached hydrogen (secondary N) is 2. The van der Waals surface area contributed by atoms with Crippen LogP contribution in [0.15, 0.2) is 101 Å². The maximum absolute atomic E-state index is 13.6. The Balaban J connectivity index is 1.02. The second kappa shape index (κ2) is 15.6. The van der Waals surface area contributed by atoms with Crippen LogP contribution in [0.2, 0.25) is 0 Å². The molecule has 0 bridgehead atoms. The van der Waals surface area contributed by atoms with Gasteiger partial charge in [0, 0.05) is 48.3 Å². The van der Waals surface area contributed by atoms with E-state index in [0.29, 0.717) is 24.1 Å². The molecule has 0 aliphatic carbocycles. The molecule has 0 saturated carbocycles. The minimum atomic E-state index is -1.53. The standard InChI is InChI=1S/C36H32FN5O7S2/c37-27-17-26(6-7-28(27)43)38-29(44)19-40-12-8-23(9-13-40)18-41-14-10-24(33(41)46)16-25-20-51-35-31(34(47)42(35)32(25)36(48)49)39-30(45)21-50-15-11-22-4-2-1-3-5-22/h1-9,11-13,15-17,31,35H,10,14,18-21H2,(H3-,38,39,43,44,45,48,49)/b15-11-,24-16?/t31-,35-/m1/s1. The number of anilines is 1. The number of halogens is 1. The summed E-state index contributed by atoms with van der Waals surface area (Å²) in [6, 6.07) is 15.8. The van der Waals surface area contributed by atoms with E-state index in [4.69, 9.17) is 0 Å². The summed E-state index contributed by atoms with van der Waals surface area (Å²) in [5.41, 5.74) is 2.43. The summed E-state index contributed by atoms with van der Waals surface area (Å²) in [4.78, 5) is 66.3. The molecule has 0 radical (unpaired) electrons. The first-order valence-electron chi connectivity index (χ1n) is 15.9. The molecule has 51 heavy (non-hydrogen) atoms. The summed E-state index contributed by atoms with van der Waals surface area (Å²) in [6.07, 6.45) is 7.14. The van der Waals surface area contributed by atoms with Crippen LogP contribution < -0.4 is 20.3 Å². The Kier molecular flexibility index (Phi) is 10.9. The number of carbonyl (C=O) groups excluding carboxylic acids is 5. The highest BCUT2D eigenvalue weighted by Crippen LogP contribution is 2.41. The lowest BCUT2D eigenvalue weighted by Gasteiger charge is -2.50. The van der Waals surface area contributed by atoms with Crippen LogP contribution in [0.25, 0.3) is 6.08 Å². The van der Waals surface area contributed by atoms with E-state index in [1.54, 1.807) is 39.4 Å². The second-order valence-corrected chi connectivity index (χ2v) is 13.9. The fourth-order valence-corrected chi connectivity index (χ4v) is 7.70. The average molecular weight is 730 g/mol. The van der Waals surface area contributed by atoms with Gasteiger partial charge in [0.15, 0.2) is 24.0 Å². The number of aromatic hydroxyl groups is 1. The van der Waals surface area contributed by atoms with Crippen molar-refractivity contribution in [3.05, 3.63) is 118 Å². The van der Waals surface area contributed by atoms with Gasteiger partial charge in [-0.15, -0.1) is 23.5 Å². The van der Waals surface area contributed by atoms with E-state index < -0.39 is 40.8 Å². The summed E-state index contributed by atoms with van der Waals surface area (Å²) in [7, 11) is 0. The van der Waals surface area contributed by atoms with Gasteiger partial charge in [0.2, 0.25) is 18.4 Å². The predicted molar refractivity (Wildman–Crippen MR) is 186 cm³/mol. The van der Waals surface area contributed by atoms with Crippen LogP contribution in [0.3, 0.4) is 0 Å².